The van der Waals surface area contributed by atoms with Gasteiger partial charge in [-0.05, 0) is 45.6 Å². The fraction of sp³-hybridized carbons (Fsp3) is 1.00. The van der Waals surface area contributed by atoms with E-state index in [1.165, 1.54) is 6.26 Å². The third kappa shape index (κ3) is 3.70. The molecule has 4 nitrogen and oxygen atoms in total. The Morgan fingerprint density at radius 1 is 1.21 bits per heavy atom. The van der Waals surface area contributed by atoms with Gasteiger partial charge in [0.25, 0.3) is 0 Å². The molecule has 0 aromatic carbocycles. The van der Waals surface area contributed by atoms with Crippen LogP contribution in [-0.2, 0) is 14.6 Å². The van der Waals surface area contributed by atoms with E-state index in [0.717, 1.165) is 38.7 Å². The van der Waals surface area contributed by atoms with Crippen LogP contribution in [0.4, 0.5) is 0 Å². The van der Waals surface area contributed by atoms with Crippen LogP contribution in [0.1, 0.15) is 39.0 Å². The average molecular weight is 289 g/mol. The molecular weight excluding hydrogens is 262 g/mol. The Morgan fingerprint density at radius 3 is 2.47 bits per heavy atom. The third-order valence-electron chi connectivity index (χ3n) is 4.85. The zero-order valence-electron chi connectivity index (χ0n) is 12.3. The second kappa shape index (κ2) is 6.10. The Bertz CT molecular complexity index is 395. The second-order valence-electron chi connectivity index (χ2n) is 6.33. The van der Waals surface area contributed by atoms with Crippen molar-refractivity contribution in [2.75, 3.05) is 19.9 Å². The first-order valence-electron chi connectivity index (χ1n) is 7.39. The molecule has 0 amide bonds. The predicted octanol–water partition coefficient (Wildman–Crippen LogP) is 1.60. The van der Waals surface area contributed by atoms with Crippen LogP contribution in [0.2, 0.25) is 0 Å². The van der Waals surface area contributed by atoms with Crippen molar-refractivity contribution >= 4 is 9.84 Å². The highest BCUT2D eigenvalue weighted by atomic mass is 32.2. The molecule has 0 aromatic heterocycles. The molecule has 1 heterocycles. The normalized spacial score (nSPS) is 38.3. The lowest BCUT2D eigenvalue weighted by atomic mass is 9.78. The summed E-state index contributed by atoms with van der Waals surface area (Å²) >= 11 is 0. The van der Waals surface area contributed by atoms with Crippen molar-refractivity contribution in [3.63, 3.8) is 0 Å². The number of nitrogens with one attached hydrogen (secondary N) is 1. The van der Waals surface area contributed by atoms with Crippen molar-refractivity contribution in [2.24, 2.45) is 11.8 Å². The maximum atomic E-state index is 11.8. The van der Waals surface area contributed by atoms with Gasteiger partial charge in [-0.25, -0.2) is 8.42 Å². The average Bonchev–Trinajstić information content (AvgIpc) is 2.76. The van der Waals surface area contributed by atoms with Crippen molar-refractivity contribution < 1.29 is 13.2 Å². The van der Waals surface area contributed by atoms with Gasteiger partial charge in [-0.3, -0.25) is 0 Å². The monoisotopic (exact) mass is 289 g/mol. The van der Waals surface area contributed by atoms with E-state index < -0.39 is 9.84 Å². The number of hydrogen-bond acceptors (Lipinski definition) is 4. The molecule has 2 fully saturated rings. The molecule has 0 bridgehead atoms. The smallest absolute Gasteiger partial charge is 0.150 e. The molecule has 1 saturated carbocycles. The van der Waals surface area contributed by atoms with Crippen molar-refractivity contribution in [2.45, 2.75) is 56.4 Å². The molecule has 19 heavy (non-hydrogen) atoms. The van der Waals surface area contributed by atoms with Crippen molar-refractivity contribution in [3.8, 4) is 0 Å². The van der Waals surface area contributed by atoms with Crippen LogP contribution < -0.4 is 5.32 Å². The molecule has 5 atom stereocenters. The van der Waals surface area contributed by atoms with Gasteiger partial charge in [0.15, 0.2) is 0 Å². The molecule has 0 aromatic rings. The van der Waals surface area contributed by atoms with E-state index >= 15 is 0 Å². The third-order valence-corrected chi connectivity index (χ3v) is 6.49. The van der Waals surface area contributed by atoms with Gasteiger partial charge in [0.05, 0.1) is 18.0 Å². The number of sulfone groups is 1. The van der Waals surface area contributed by atoms with Crippen LogP contribution in [0, 0.1) is 11.8 Å². The van der Waals surface area contributed by atoms with Gasteiger partial charge in [0.2, 0.25) is 0 Å². The molecule has 5 unspecified atom stereocenters. The van der Waals surface area contributed by atoms with Gasteiger partial charge in [0.1, 0.15) is 9.84 Å². The number of rotatable bonds is 4. The van der Waals surface area contributed by atoms with Crippen molar-refractivity contribution in [3.05, 3.63) is 0 Å². The summed E-state index contributed by atoms with van der Waals surface area (Å²) in [4.78, 5) is 0. The number of hydrogen-bond donors (Lipinski definition) is 1. The molecule has 2 aliphatic rings. The minimum Gasteiger partial charge on any atom is -0.378 e. The molecule has 112 valence electrons. The standard InChI is InChI=1S/C14H27NO3S/c1-10-7-12(9-18-10)14(15-2)11-5-4-6-13(8-11)19(3,16)17/h10-15H,4-9H2,1-3H3. The highest BCUT2D eigenvalue weighted by Crippen LogP contribution is 2.35. The summed E-state index contributed by atoms with van der Waals surface area (Å²) in [6.07, 6.45) is 6.64. The summed E-state index contributed by atoms with van der Waals surface area (Å²) in [5.74, 6) is 1.00. The lowest BCUT2D eigenvalue weighted by molar-refractivity contribution is 0.111. The van der Waals surface area contributed by atoms with E-state index in [9.17, 15) is 8.42 Å². The molecular formula is C14H27NO3S. The van der Waals surface area contributed by atoms with E-state index in [0.29, 0.717) is 24.0 Å². The van der Waals surface area contributed by atoms with Gasteiger partial charge in [-0.15, -0.1) is 0 Å². The molecule has 1 saturated heterocycles. The molecule has 1 N–H and O–H groups in total. The van der Waals surface area contributed by atoms with Crippen LogP contribution in [-0.4, -0.2) is 45.7 Å². The molecule has 1 aliphatic heterocycles. The fourth-order valence-electron chi connectivity index (χ4n) is 3.85. The topological polar surface area (TPSA) is 55.4 Å². The molecule has 5 heteroatoms. The van der Waals surface area contributed by atoms with Crippen LogP contribution in [0.25, 0.3) is 0 Å². The lowest BCUT2D eigenvalue weighted by Crippen LogP contribution is -2.44. The first kappa shape index (κ1) is 15.3. The first-order chi connectivity index (χ1) is 8.91. The lowest BCUT2D eigenvalue weighted by Gasteiger charge is -2.36. The highest BCUT2D eigenvalue weighted by Gasteiger charge is 2.38. The van der Waals surface area contributed by atoms with E-state index in [4.69, 9.17) is 4.74 Å². The first-order valence-corrected chi connectivity index (χ1v) is 9.35. The van der Waals surface area contributed by atoms with E-state index in [-0.39, 0.29) is 5.25 Å². The van der Waals surface area contributed by atoms with Crippen molar-refractivity contribution in [1.29, 1.82) is 0 Å². The minimum atomic E-state index is -2.89. The van der Waals surface area contributed by atoms with Gasteiger partial charge >= 0.3 is 0 Å². The van der Waals surface area contributed by atoms with Crippen LogP contribution in [0.15, 0.2) is 0 Å². The Hall–Kier alpha value is -0.130. The summed E-state index contributed by atoms with van der Waals surface area (Å²) in [6, 6.07) is 0.398. The summed E-state index contributed by atoms with van der Waals surface area (Å²) in [6.45, 7) is 2.93. The minimum absolute atomic E-state index is 0.137. The zero-order valence-corrected chi connectivity index (χ0v) is 13.1. The predicted molar refractivity (Wildman–Crippen MR) is 77.0 cm³/mol. The summed E-state index contributed by atoms with van der Waals surface area (Å²) in [5, 5.41) is 3.29. The Morgan fingerprint density at radius 2 is 1.95 bits per heavy atom. The molecule has 0 radical (unpaired) electrons. The molecule has 0 spiro atoms. The highest BCUT2D eigenvalue weighted by molar-refractivity contribution is 7.91. The maximum Gasteiger partial charge on any atom is 0.150 e. The molecule has 1 aliphatic carbocycles. The van der Waals surface area contributed by atoms with Gasteiger partial charge < -0.3 is 10.1 Å². The van der Waals surface area contributed by atoms with E-state index in [1.54, 1.807) is 0 Å². The van der Waals surface area contributed by atoms with Crippen molar-refractivity contribution in [1.82, 2.24) is 5.32 Å². The Balaban J connectivity index is 2.02. The summed E-state index contributed by atoms with van der Waals surface area (Å²) < 4.78 is 29.2. The SMILES string of the molecule is CNC(C1COC(C)C1)C1CCCC(S(C)(=O)=O)C1. The maximum absolute atomic E-state index is 11.8. The van der Waals surface area contributed by atoms with Crippen LogP contribution in [0.3, 0.4) is 0 Å². The Labute approximate surface area is 117 Å². The zero-order chi connectivity index (χ0) is 14.0. The summed E-state index contributed by atoms with van der Waals surface area (Å²) in [7, 11) is -0.896. The second-order valence-corrected chi connectivity index (χ2v) is 8.66. The largest absolute Gasteiger partial charge is 0.378 e. The summed E-state index contributed by atoms with van der Waals surface area (Å²) in [5.41, 5.74) is 0. The van der Waals surface area contributed by atoms with Gasteiger partial charge in [0, 0.05) is 18.2 Å². The van der Waals surface area contributed by atoms with Gasteiger partial charge in [-0.1, -0.05) is 6.42 Å². The Kier molecular flexibility index (Phi) is 4.90. The van der Waals surface area contributed by atoms with Crippen LogP contribution >= 0.6 is 0 Å². The quantitative estimate of drug-likeness (QED) is 0.854. The number of ether oxygens (including phenoxy) is 1. The fourth-order valence-corrected chi connectivity index (χ4v) is 5.04. The van der Waals surface area contributed by atoms with Crippen LogP contribution in [0.5, 0.6) is 0 Å². The van der Waals surface area contributed by atoms with E-state index in [1.807, 2.05) is 7.05 Å². The molecule has 2 rings (SSSR count). The van der Waals surface area contributed by atoms with E-state index in [2.05, 4.69) is 12.2 Å². The van der Waals surface area contributed by atoms with Gasteiger partial charge in [-0.2, -0.15) is 0 Å².